The monoisotopic (exact) mass is 268 g/mol. The number of nitrogens with two attached hydrogens (primary N) is 1. The van der Waals surface area contributed by atoms with Crippen molar-refractivity contribution in [2.75, 3.05) is 5.73 Å². The van der Waals surface area contributed by atoms with Gasteiger partial charge in [-0.2, -0.15) is 0 Å². The van der Waals surface area contributed by atoms with E-state index in [2.05, 4.69) is 20.9 Å². The van der Waals surface area contributed by atoms with Gasteiger partial charge in [0, 0.05) is 11.3 Å². The van der Waals surface area contributed by atoms with E-state index in [1.807, 2.05) is 31.2 Å². The molecule has 0 bridgehead atoms. The van der Waals surface area contributed by atoms with Crippen LogP contribution >= 0.6 is 27.3 Å². The lowest BCUT2D eigenvalue weighted by Gasteiger charge is -1.95. The fourth-order valence-electron chi connectivity index (χ4n) is 1.13. The van der Waals surface area contributed by atoms with Gasteiger partial charge in [-0.1, -0.05) is 0 Å². The van der Waals surface area contributed by atoms with Gasteiger partial charge in [0.15, 0.2) is 0 Å². The smallest absolute Gasteiger partial charge is 0.124 e. The second-order valence-electron chi connectivity index (χ2n) is 3.00. The molecule has 1 heterocycles. The second-order valence-corrected chi connectivity index (χ2v) is 5.32. The number of hydrogen-bond donors (Lipinski definition) is 1. The Morgan fingerprint density at radius 3 is 2.43 bits per heavy atom. The maximum atomic E-state index is 5.61. The van der Waals surface area contributed by atoms with Crippen molar-refractivity contribution in [3.05, 3.63) is 33.7 Å². The maximum absolute atomic E-state index is 5.61. The van der Waals surface area contributed by atoms with Crippen molar-refractivity contribution < 1.29 is 0 Å². The number of halogens is 1. The van der Waals surface area contributed by atoms with E-state index in [1.165, 1.54) is 0 Å². The molecule has 1 aromatic heterocycles. The number of rotatable bonds is 1. The molecule has 2 aromatic rings. The number of aromatic nitrogens is 1. The van der Waals surface area contributed by atoms with Gasteiger partial charge in [-0.25, -0.2) is 4.98 Å². The highest BCUT2D eigenvalue weighted by molar-refractivity contribution is 9.11. The first-order valence-corrected chi connectivity index (χ1v) is 5.76. The van der Waals surface area contributed by atoms with E-state index in [9.17, 15) is 0 Å². The Hall–Kier alpha value is -0.870. The van der Waals surface area contributed by atoms with E-state index in [4.69, 9.17) is 5.73 Å². The fourth-order valence-corrected chi connectivity index (χ4v) is 2.48. The third kappa shape index (κ3) is 1.81. The molecule has 2 N–H and O–H groups in total. The molecule has 0 aliphatic carbocycles. The largest absolute Gasteiger partial charge is 0.399 e. The molecule has 4 heteroatoms. The maximum Gasteiger partial charge on any atom is 0.124 e. The summed E-state index contributed by atoms with van der Waals surface area (Å²) in [6, 6.07) is 7.75. The van der Waals surface area contributed by atoms with Crippen LogP contribution in [0.4, 0.5) is 5.69 Å². The van der Waals surface area contributed by atoms with Crippen LogP contribution < -0.4 is 5.73 Å². The number of hydrogen-bond acceptors (Lipinski definition) is 3. The summed E-state index contributed by atoms with van der Waals surface area (Å²) in [4.78, 5) is 4.44. The van der Waals surface area contributed by atoms with E-state index in [0.29, 0.717) is 0 Å². The highest BCUT2D eigenvalue weighted by Gasteiger charge is 2.06. The average molecular weight is 269 g/mol. The molecule has 0 unspecified atom stereocenters. The summed E-state index contributed by atoms with van der Waals surface area (Å²) in [7, 11) is 0. The molecule has 1 aromatic carbocycles. The number of nitrogen functional groups attached to an aromatic ring is 1. The second kappa shape index (κ2) is 3.71. The number of thiazole rings is 1. The van der Waals surface area contributed by atoms with Crippen molar-refractivity contribution >= 4 is 33.0 Å². The van der Waals surface area contributed by atoms with E-state index >= 15 is 0 Å². The molecule has 72 valence electrons. The Kier molecular flexibility index (Phi) is 2.56. The van der Waals surface area contributed by atoms with Crippen molar-refractivity contribution in [2.45, 2.75) is 6.92 Å². The Balaban J connectivity index is 2.44. The molecule has 0 fully saturated rings. The molecule has 0 saturated heterocycles. The van der Waals surface area contributed by atoms with Gasteiger partial charge in [0.25, 0.3) is 0 Å². The van der Waals surface area contributed by atoms with Crippen LogP contribution in [-0.4, -0.2) is 4.98 Å². The van der Waals surface area contributed by atoms with Crippen molar-refractivity contribution in [1.82, 2.24) is 4.98 Å². The number of nitrogens with zero attached hydrogens (tertiary/aromatic N) is 1. The van der Waals surface area contributed by atoms with Crippen LogP contribution in [0.25, 0.3) is 10.6 Å². The molecule has 2 rings (SSSR count). The van der Waals surface area contributed by atoms with Gasteiger partial charge in [0.1, 0.15) is 5.01 Å². The standard InChI is InChI=1S/C10H9BrN2S/c1-6-9(11)14-10(13-6)7-2-4-8(12)5-3-7/h2-5H,12H2,1H3. The Morgan fingerprint density at radius 1 is 1.29 bits per heavy atom. The molecule has 0 atom stereocenters. The molecule has 0 spiro atoms. The predicted octanol–water partition coefficient (Wildman–Crippen LogP) is 3.46. The summed E-state index contributed by atoms with van der Waals surface area (Å²) < 4.78 is 1.09. The van der Waals surface area contributed by atoms with E-state index in [1.54, 1.807) is 11.3 Å². The SMILES string of the molecule is Cc1nc(-c2ccc(N)cc2)sc1Br. The summed E-state index contributed by atoms with van der Waals surface area (Å²) in [6.45, 7) is 1.99. The Morgan fingerprint density at radius 2 is 1.93 bits per heavy atom. The highest BCUT2D eigenvalue weighted by Crippen LogP contribution is 2.31. The number of anilines is 1. The van der Waals surface area contributed by atoms with Crippen LogP contribution in [0.15, 0.2) is 28.1 Å². The minimum Gasteiger partial charge on any atom is -0.399 e. The van der Waals surface area contributed by atoms with Crippen LogP contribution in [0.3, 0.4) is 0 Å². The molecule has 0 saturated carbocycles. The van der Waals surface area contributed by atoms with Crippen LogP contribution in [0, 0.1) is 6.92 Å². The molecule has 0 radical (unpaired) electrons. The normalized spacial score (nSPS) is 10.4. The summed E-state index contributed by atoms with van der Waals surface area (Å²) in [5, 5.41) is 1.02. The fraction of sp³-hybridized carbons (Fsp3) is 0.100. The zero-order valence-corrected chi connectivity index (χ0v) is 10.0. The average Bonchev–Trinajstić information content (AvgIpc) is 2.48. The summed E-state index contributed by atoms with van der Waals surface area (Å²) >= 11 is 5.10. The lowest BCUT2D eigenvalue weighted by molar-refractivity contribution is 1.26. The topological polar surface area (TPSA) is 38.9 Å². The van der Waals surface area contributed by atoms with Crippen LogP contribution in [0.1, 0.15) is 5.69 Å². The van der Waals surface area contributed by atoms with E-state index in [0.717, 1.165) is 25.7 Å². The predicted molar refractivity (Wildman–Crippen MR) is 64.4 cm³/mol. The minimum absolute atomic E-state index is 0.779. The van der Waals surface area contributed by atoms with Gasteiger partial charge in [-0.15, -0.1) is 11.3 Å². The van der Waals surface area contributed by atoms with Crippen LogP contribution in [-0.2, 0) is 0 Å². The van der Waals surface area contributed by atoms with E-state index < -0.39 is 0 Å². The molecular formula is C10H9BrN2S. The molecular weight excluding hydrogens is 260 g/mol. The molecule has 14 heavy (non-hydrogen) atoms. The van der Waals surface area contributed by atoms with Crippen molar-refractivity contribution in [3.63, 3.8) is 0 Å². The molecule has 0 aliphatic heterocycles. The third-order valence-electron chi connectivity index (χ3n) is 1.90. The van der Waals surface area contributed by atoms with Crippen LogP contribution in [0.5, 0.6) is 0 Å². The van der Waals surface area contributed by atoms with Crippen molar-refractivity contribution in [3.8, 4) is 10.6 Å². The first-order chi connectivity index (χ1) is 6.66. The summed E-state index contributed by atoms with van der Waals surface area (Å²) in [5.74, 6) is 0. The lowest BCUT2D eigenvalue weighted by atomic mass is 10.2. The summed E-state index contributed by atoms with van der Waals surface area (Å²) in [5.41, 5.74) is 8.53. The summed E-state index contributed by atoms with van der Waals surface area (Å²) in [6.07, 6.45) is 0. The van der Waals surface area contributed by atoms with Gasteiger partial charge >= 0.3 is 0 Å². The molecule has 2 nitrogen and oxygen atoms in total. The van der Waals surface area contributed by atoms with Gasteiger partial charge < -0.3 is 5.73 Å². The quantitative estimate of drug-likeness (QED) is 0.805. The Bertz CT molecular complexity index is 428. The number of benzene rings is 1. The van der Waals surface area contributed by atoms with Gasteiger partial charge in [0.05, 0.1) is 9.48 Å². The Labute approximate surface area is 94.9 Å². The first kappa shape index (κ1) is 9.68. The van der Waals surface area contributed by atoms with Gasteiger partial charge in [0.2, 0.25) is 0 Å². The van der Waals surface area contributed by atoms with Gasteiger partial charge in [-0.05, 0) is 47.1 Å². The lowest BCUT2D eigenvalue weighted by Crippen LogP contribution is -1.83. The first-order valence-electron chi connectivity index (χ1n) is 4.15. The highest BCUT2D eigenvalue weighted by atomic mass is 79.9. The van der Waals surface area contributed by atoms with E-state index in [-0.39, 0.29) is 0 Å². The van der Waals surface area contributed by atoms with Crippen molar-refractivity contribution in [2.24, 2.45) is 0 Å². The molecule has 0 aliphatic rings. The zero-order chi connectivity index (χ0) is 10.1. The van der Waals surface area contributed by atoms with Gasteiger partial charge in [-0.3, -0.25) is 0 Å². The molecule has 0 amide bonds. The minimum atomic E-state index is 0.779. The zero-order valence-electron chi connectivity index (χ0n) is 7.62. The van der Waals surface area contributed by atoms with Crippen molar-refractivity contribution in [1.29, 1.82) is 0 Å². The number of aryl methyl sites for hydroxylation is 1. The van der Waals surface area contributed by atoms with Crippen LogP contribution in [0.2, 0.25) is 0 Å². The third-order valence-corrected chi connectivity index (χ3v) is 3.95.